The molecule has 0 atom stereocenters. The fraction of sp³-hybridized carbons (Fsp3) is 0.571. The van der Waals surface area contributed by atoms with Gasteiger partial charge in [-0.3, -0.25) is 10.3 Å². The van der Waals surface area contributed by atoms with E-state index in [0.29, 0.717) is 18.2 Å². The first-order valence-electron chi connectivity index (χ1n) is 6.45. The minimum Gasteiger partial charge on any atom is -0.288 e. The van der Waals surface area contributed by atoms with Crippen LogP contribution in [0.1, 0.15) is 39.2 Å². The number of benzene rings is 1. The van der Waals surface area contributed by atoms with Gasteiger partial charge in [-0.15, -0.1) is 0 Å². The van der Waals surface area contributed by atoms with E-state index in [9.17, 15) is 9.60 Å². The van der Waals surface area contributed by atoms with E-state index in [1.54, 1.807) is 12.1 Å². The molecule has 0 spiro atoms. The van der Waals surface area contributed by atoms with Crippen LogP contribution in [-0.2, 0) is 6.42 Å². The monoisotopic (exact) mass is 239 g/mol. The molecule has 1 saturated carbocycles. The maximum absolute atomic E-state index is 13.4. The molecule has 96 valence electrons. The predicted molar refractivity (Wildman–Crippen MR) is 69.0 cm³/mol. The van der Waals surface area contributed by atoms with Gasteiger partial charge in [0.25, 0.3) is 0 Å². The molecule has 0 bridgehead atoms. The van der Waals surface area contributed by atoms with Gasteiger partial charge < -0.3 is 0 Å². The van der Waals surface area contributed by atoms with Crippen molar-refractivity contribution in [3.63, 3.8) is 0 Å². The molecule has 3 heteroatoms. The number of hydrogen-bond donors (Lipinski definition) is 1. The highest BCUT2D eigenvalue weighted by molar-refractivity contribution is 5.47. The normalized spacial score (nSPS) is 13.9. The van der Waals surface area contributed by atoms with E-state index in [-0.39, 0.29) is 5.82 Å². The van der Waals surface area contributed by atoms with Crippen LogP contribution < -0.4 is 5.06 Å². The van der Waals surface area contributed by atoms with Crippen molar-refractivity contribution < 1.29 is 9.60 Å². The molecule has 1 aromatic carbocycles. The van der Waals surface area contributed by atoms with Crippen LogP contribution in [0.5, 0.6) is 0 Å². The van der Waals surface area contributed by atoms with E-state index in [1.807, 2.05) is 20.8 Å². The SMILES string of the molecule is CC.CCc1ccc(F)c(N(O)CC2CC2)c1. The first kappa shape index (κ1) is 14.0. The first-order valence-corrected chi connectivity index (χ1v) is 6.45. The molecule has 2 rings (SSSR count). The third-order valence-electron chi connectivity index (χ3n) is 2.82. The van der Waals surface area contributed by atoms with Gasteiger partial charge in [-0.2, -0.15) is 0 Å². The molecule has 1 fully saturated rings. The molecule has 0 unspecified atom stereocenters. The van der Waals surface area contributed by atoms with E-state index in [0.717, 1.165) is 29.9 Å². The Balaban J connectivity index is 0.000000686. The summed E-state index contributed by atoms with van der Waals surface area (Å²) >= 11 is 0. The predicted octanol–water partition coefficient (Wildman–Crippen LogP) is 4.02. The number of rotatable bonds is 4. The molecule has 0 saturated heterocycles. The smallest absolute Gasteiger partial charge is 0.148 e. The Bertz CT molecular complexity index is 350. The molecular formula is C14H22FNO. The topological polar surface area (TPSA) is 23.5 Å². The second kappa shape index (κ2) is 6.60. The Morgan fingerprint density at radius 3 is 2.53 bits per heavy atom. The third kappa shape index (κ3) is 4.00. The maximum Gasteiger partial charge on any atom is 0.148 e. The summed E-state index contributed by atoms with van der Waals surface area (Å²) in [7, 11) is 0. The summed E-state index contributed by atoms with van der Waals surface area (Å²) in [6.07, 6.45) is 3.14. The third-order valence-corrected chi connectivity index (χ3v) is 2.82. The summed E-state index contributed by atoms with van der Waals surface area (Å²) in [5.74, 6) is 0.190. The summed E-state index contributed by atoms with van der Waals surface area (Å²) in [4.78, 5) is 0. The van der Waals surface area contributed by atoms with Gasteiger partial charge in [-0.25, -0.2) is 4.39 Å². The van der Waals surface area contributed by atoms with Gasteiger partial charge in [0, 0.05) is 6.54 Å². The zero-order valence-electron chi connectivity index (χ0n) is 10.9. The number of aryl methyl sites for hydroxylation is 1. The standard InChI is InChI=1S/C12H16FNO.C2H6/c1-2-9-5-6-11(13)12(7-9)14(15)8-10-3-4-10;1-2/h5-7,10,15H,2-4,8H2,1H3;1-2H3. The highest BCUT2D eigenvalue weighted by Crippen LogP contribution is 2.31. The van der Waals surface area contributed by atoms with Crippen LogP contribution in [0.15, 0.2) is 18.2 Å². The number of anilines is 1. The highest BCUT2D eigenvalue weighted by atomic mass is 19.1. The van der Waals surface area contributed by atoms with E-state index < -0.39 is 0 Å². The van der Waals surface area contributed by atoms with E-state index in [4.69, 9.17) is 0 Å². The van der Waals surface area contributed by atoms with Crippen molar-refractivity contribution in [2.45, 2.75) is 40.0 Å². The van der Waals surface area contributed by atoms with Crippen LogP contribution in [0, 0.1) is 11.7 Å². The minimum absolute atomic E-state index is 0.307. The van der Waals surface area contributed by atoms with Crippen molar-refractivity contribution in [1.82, 2.24) is 0 Å². The average Bonchev–Trinajstić information content (AvgIpc) is 3.16. The van der Waals surface area contributed by atoms with Crippen molar-refractivity contribution in [3.8, 4) is 0 Å². The van der Waals surface area contributed by atoms with Crippen LogP contribution in [0.2, 0.25) is 0 Å². The quantitative estimate of drug-likeness (QED) is 0.802. The molecule has 0 radical (unpaired) electrons. The minimum atomic E-state index is -0.352. The number of nitrogens with zero attached hydrogens (tertiary/aromatic N) is 1. The summed E-state index contributed by atoms with van der Waals surface area (Å²) < 4.78 is 13.4. The van der Waals surface area contributed by atoms with Crippen molar-refractivity contribution in [2.75, 3.05) is 11.6 Å². The van der Waals surface area contributed by atoms with Crippen LogP contribution in [-0.4, -0.2) is 11.8 Å². The number of hydrogen-bond acceptors (Lipinski definition) is 2. The van der Waals surface area contributed by atoms with Crippen molar-refractivity contribution in [3.05, 3.63) is 29.6 Å². The van der Waals surface area contributed by atoms with E-state index >= 15 is 0 Å². The molecule has 0 amide bonds. The maximum atomic E-state index is 13.4. The van der Waals surface area contributed by atoms with E-state index in [2.05, 4.69) is 0 Å². The Hall–Kier alpha value is -1.09. The van der Waals surface area contributed by atoms with Crippen LogP contribution in [0.25, 0.3) is 0 Å². The van der Waals surface area contributed by atoms with Crippen LogP contribution in [0.4, 0.5) is 10.1 Å². The molecular weight excluding hydrogens is 217 g/mol. The van der Waals surface area contributed by atoms with Gasteiger partial charge in [-0.05, 0) is 42.9 Å². The number of hydroxylamine groups is 1. The van der Waals surface area contributed by atoms with Crippen molar-refractivity contribution in [1.29, 1.82) is 0 Å². The molecule has 17 heavy (non-hydrogen) atoms. The fourth-order valence-electron chi connectivity index (χ4n) is 1.62. The Labute approximate surface area is 103 Å². The Kier molecular flexibility index (Phi) is 5.42. The van der Waals surface area contributed by atoms with Crippen LogP contribution in [0.3, 0.4) is 0 Å². The summed E-state index contributed by atoms with van der Waals surface area (Å²) in [5, 5.41) is 10.8. The van der Waals surface area contributed by atoms with Crippen LogP contribution >= 0.6 is 0 Å². The lowest BCUT2D eigenvalue weighted by Gasteiger charge is -2.18. The summed E-state index contributed by atoms with van der Waals surface area (Å²) in [6.45, 7) is 6.56. The van der Waals surface area contributed by atoms with E-state index in [1.165, 1.54) is 6.07 Å². The molecule has 0 aromatic heterocycles. The summed E-state index contributed by atoms with van der Waals surface area (Å²) in [5.41, 5.74) is 1.35. The van der Waals surface area contributed by atoms with Gasteiger partial charge in [0.15, 0.2) is 0 Å². The zero-order valence-corrected chi connectivity index (χ0v) is 10.9. The largest absolute Gasteiger partial charge is 0.288 e. The van der Waals surface area contributed by atoms with Crippen molar-refractivity contribution in [2.24, 2.45) is 5.92 Å². The Morgan fingerprint density at radius 2 is 2.00 bits per heavy atom. The lowest BCUT2D eigenvalue weighted by Crippen LogP contribution is -2.22. The molecule has 2 nitrogen and oxygen atoms in total. The molecule has 1 N–H and O–H groups in total. The summed E-state index contributed by atoms with van der Waals surface area (Å²) in [6, 6.07) is 4.89. The van der Waals surface area contributed by atoms with Gasteiger partial charge >= 0.3 is 0 Å². The van der Waals surface area contributed by atoms with Gasteiger partial charge in [0.2, 0.25) is 0 Å². The van der Waals surface area contributed by atoms with Crippen molar-refractivity contribution >= 4 is 5.69 Å². The fourth-order valence-corrected chi connectivity index (χ4v) is 1.62. The first-order chi connectivity index (χ1) is 8.20. The number of halogens is 1. The average molecular weight is 239 g/mol. The molecule has 0 aliphatic heterocycles. The van der Waals surface area contributed by atoms with Gasteiger partial charge in [0.05, 0.1) is 5.69 Å². The lowest BCUT2D eigenvalue weighted by molar-refractivity contribution is 0.245. The lowest BCUT2D eigenvalue weighted by atomic mass is 10.1. The molecule has 1 aliphatic carbocycles. The molecule has 1 aliphatic rings. The molecule has 1 aromatic rings. The van der Waals surface area contributed by atoms with Gasteiger partial charge in [-0.1, -0.05) is 26.8 Å². The van der Waals surface area contributed by atoms with Gasteiger partial charge in [0.1, 0.15) is 5.82 Å². The zero-order chi connectivity index (χ0) is 12.8. The second-order valence-corrected chi connectivity index (χ2v) is 4.16. The second-order valence-electron chi connectivity index (χ2n) is 4.16. The Morgan fingerprint density at radius 1 is 1.35 bits per heavy atom. The highest BCUT2D eigenvalue weighted by Gasteiger charge is 2.25. The molecule has 0 heterocycles.